The molecule has 1 N–H and O–H groups in total. The molecule has 0 aromatic rings. The molecular weight excluding hydrogens is 196 g/mol. The van der Waals surface area contributed by atoms with E-state index < -0.39 is 0 Å². The highest BCUT2D eigenvalue weighted by Gasteiger charge is 2.25. The normalized spacial score (nSPS) is 28.5. The third-order valence-corrected chi connectivity index (χ3v) is 4.53. The van der Waals surface area contributed by atoms with Gasteiger partial charge in [-0.3, -0.25) is 0 Å². The molecule has 0 bridgehead atoms. The Hall–Kier alpha value is -0.0800. The standard InChI is InChI=1S/C14H26N2/c1-2-12(1)5-8-16-9-6-14(7-10-16)15-11-13-3-4-13/h12-15H,1-11H2. The Bertz CT molecular complexity index is 189. The summed E-state index contributed by atoms with van der Waals surface area (Å²) < 4.78 is 0. The van der Waals surface area contributed by atoms with Crippen LogP contribution in [0.1, 0.15) is 44.9 Å². The molecule has 2 heteroatoms. The first-order valence-corrected chi connectivity index (χ1v) is 7.36. The molecule has 3 fully saturated rings. The lowest BCUT2D eigenvalue weighted by Gasteiger charge is -2.32. The Morgan fingerprint density at radius 3 is 2.19 bits per heavy atom. The molecule has 0 radical (unpaired) electrons. The molecule has 3 rings (SSSR count). The third-order valence-electron chi connectivity index (χ3n) is 4.53. The van der Waals surface area contributed by atoms with Crippen molar-refractivity contribution in [3.63, 3.8) is 0 Å². The van der Waals surface area contributed by atoms with Gasteiger partial charge in [-0.15, -0.1) is 0 Å². The van der Waals surface area contributed by atoms with E-state index in [1.807, 2.05) is 0 Å². The predicted molar refractivity (Wildman–Crippen MR) is 67.5 cm³/mol. The van der Waals surface area contributed by atoms with Crippen molar-refractivity contribution in [2.45, 2.75) is 51.0 Å². The monoisotopic (exact) mass is 222 g/mol. The summed E-state index contributed by atoms with van der Waals surface area (Å²) in [4.78, 5) is 2.69. The fourth-order valence-corrected chi connectivity index (χ4v) is 2.79. The maximum Gasteiger partial charge on any atom is 0.00915 e. The molecule has 1 heterocycles. The molecule has 0 aromatic carbocycles. The third kappa shape index (κ3) is 3.46. The second-order valence-corrected chi connectivity index (χ2v) is 6.20. The highest BCUT2D eigenvalue weighted by atomic mass is 15.1. The smallest absolute Gasteiger partial charge is 0.00915 e. The van der Waals surface area contributed by atoms with Crippen LogP contribution < -0.4 is 5.32 Å². The fraction of sp³-hybridized carbons (Fsp3) is 1.00. The number of likely N-dealkylation sites (tertiary alicyclic amines) is 1. The first-order valence-electron chi connectivity index (χ1n) is 7.36. The first kappa shape index (κ1) is 11.0. The second-order valence-electron chi connectivity index (χ2n) is 6.20. The second kappa shape index (κ2) is 5.05. The van der Waals surface area contributed by atoms with Crippen molar-refractivity contribution in [2.24, 2.45) is 11.8 Å². The highest BCUT2D eigenvalue weighted by Crippen LogP contribution is 2.32. The van der Waals surface area contributed by atoms with Gasteiger partial charge in [0.25, 0.3) is 0 Å². The molecule has 92 valence electrons. The van der Waals surface area contributed by atoms with E-state index in [2.05, 4.69) is 10.2 Å². The Morgan fingerprint density at radius 1 is 0.875 bits per heavy atom. The summed E-state index contributed by atoms with van der Waals surface area (Å²) >= 11 is 0. The molecule has 2 nitrogen and oxygen atoms in total. The van der Waals surface area contributed by atoms with Crippen LogP contribution in [0, 0.1) is 11.8 Å². The van der Waals surface area contributed by atoms with Crippen molar-refractivity contribution in [3.05, 3.63) is 0 Å². The van der Waals surface area contributed by atoms with E-state index in [4.69, 9.17) is 0 Å². The number of nitrogens with one attached hydrogen (secondary N) is 1. The number of hydrogen-bond acceptors (Lipinski definition) is 2. The van der Waals surface area contributed by atoms with Gasteiger partial charge < -0.3 is 10.2 Å². The van der Waals surface area contributed by atoms with Crippen LogP contribution >= 0.6 is 0 Å². The van der Waals surface area contributed by atoms with E-state index in [1.165, 1.54) is 71.1 Å². The highest BCUT2D eigenvalue weighted by molar-refractivity contribution is 4.82. The van der Waals surface area contributed by atoms with Gasteiger partial charge in [-0.2, -0.15) is 0 Å². The molecule has 0 spiro atoms. The van der Waals surface area contributed by atoms with Crippen molar-refractivity contribution in [1.82, 2.24) is 10.2 Å². The number of rotatable bonds is 6. The average molecular weight is 222 g/mol. The van der Waals surface area contributed by atoms with Gasteiger partial charge in [0.05, 0.1) is 0 Å². The maximum absolute atomic E-state index is 3.75. The molecule has 0 atom stereocenters. The molecule has 0 unspecified atom stereocenters. The summed E-state index contributed by atoms with van der Waals surface area (Å²) in [6, 6.07) is 0.831. The van der Waals surface area contributed by atoms with Crippen LogP contribution in [0.25, 0.3) is 0 Å². The predicted octanol–water partition coefficient (Wildman–Crippen LogP) is 2.25. The Labute approximate surface area is 99.8 Å². The molecule has 3 aliphatic rings. The van der Waals surface area contributed by atoms with Crippen molar-refractivity contribution in [3.8, 4) is 0 Å². The van der Waals surface area contributed by atoms with Crippen molar-refractivity contribution in [1.29, 1.82) is 0 Å². The van der Waals surface area contributed by atoms with Gasteiger partial charge in [0.2, 0.25) is 0 Å². The minimum Gasteiger partial charge on any atom is -0.314 e. The van der Waals surface area contributed by atoms with E-state index in [0.717, 1.165) is 17.9 Å². The van der Waals surface area contributed by atoms with Gasteiger partial charge in [-0.05, 0) is 70.1 Å². The van der Waals surface area contributed by atoms with Crippen molar-refractivity contribution < 1.29 is 0 Å². The fourth-order valence-electron chi connectivity index (χ4n) is 2.79. The summed E-state index contributed by atoms with van der Waals surface area (Å²) in [6.07, 6.45) is 10.2. The van der Waals surface area contributed by atoms with E-state index in [-0.39, 0.29) is 0 Å². The van der Waals surface area contributed by atoms with E-state index in [1.54, 1.807) is 0 Å². The average Bonchev–Trinajstić information content (AvgIpc) is 3.17. The zero-order chi connectivity index (χ0) is 10.8. The molecule has 0 amide bonds. The van der Waals surface area contributed by atoms with E-state index in [9.17, 15) is 0 Å². The van der Waals surface area contributed by atoms with Gasteiger partial charge in [-0.1, -0.05) is 12.8 Å². The van der Waals surface area contributed by atoms with Gasteiger partial charge in [-0.25, -0.2) is 0 Å². The SMILES string of the molecule is C1CC1CCN1CCC(NCC2CC2)CC1. The van der Waals surface area contributed by atoms with E-state index >= 15 is 0 Å². The van der Waals surface area contributed by atoms with Crippen LogP contribution in [0.4, 0.5) is 0 Å². The first-order chi connectivity index (χ1) is 7.90. The van der Waals surface area contributed by atoms with Crippen molar-refractivity contribution in [2.75, 3.05) is 26.2 Å². The molecule has 1 aliphatic heterocycles. The molecule has 0 aromatic heterocycles. The number of hydrogen-bond donors (Lipinski definition) is 1. The molecule has 1 saturated heterocycles. The van der Waals surface area contributed by atoms with Crippen LogP contribution in [-0.2, 0) is 0 Å². The Kier molecular flexibility index (Phi) is 3.49. The van der Waals surface area contributed by atoms with Crippen molar-refractivity contribution >= 4 is 0 Å². The lowest BCUT2D eigenvalue weighted by atomic mass is 10.0. The molecule has 2 saturated carbocycles. The van der Waals surface area contributed by atoms with Gasteiger partial charge in [0.1, 0.15) is 0 Å². The van der Waals surface area contributed by atoms with Gasteiger partial charge in [0, 0.05) is 6.04 Å². The minimum atomic E-state index is 0.831. The summed E-state index contributed by atoms with van der Waals surface area (Å²) in [7, 11) is 0. The van der Waals surface area contributed by atoms with Crippen LogP contribution in [0.2, 0.25) is 0 Å². The lowest BCUT2D eigenvalue weighted by Crippen LogP contribution is -2.43. The Balaban J connectivity index is 1.28. The summed E-state index contributed by atoms with van der Waals surface area (Å²) in [5, 5.41) is 3.75. The van der Waals surface area contributed by atoms with Crippen LogP contribution in [-0.4, -0.2) is 37.1 Å². The maximum atomic E-state index is 3.75. The van der Waals surface area contributed by atoms with Crippen LogP contribution in [0.3, 0.4) is 0 Å². The van der Waals surface area contributed by atoms with Gasteiger partial charge in [0.15, 0.2) is 0 Å². The quantitative estimate of drug-likeness (QED) is 0.741. The number of nitrogens with zero attached hydrogens (tertiary/aromatic N) is 1. The minimum absolute atomic E-state index is 0.831. The molecule has 16 heavy (non-hydrogen) atoms. The molecular formula is C14H26N2. The summed E-state index contributed by atoms with van der Waals surface area (Å²) in [5.41, 5.74) is 0. The van der Waals surface area contributed by atoms with Gasteiger partial charge >= 0.3 is 0 Å². The topological polar surface area (TPSA) is 15.3 Å². The summed E-state index contributed by atoms with van der Waals surface area (Å²) in [5.74, 6) is 2.14. The zero-order valence-electron chi connectivity index (χ0n) is 10.5. The zero-order valence-corrected chi connectivity index (χ0v) is 10.5. The van der Waals surface area contributed by atoms with E-state index in [0.29, 0.717) is 0 Å². The van der Waals surface area contributed by atoms with Crippen LogP contribution in [0.5, 0.6) is 0 Å². The molecule has 2 aliphatic carbocycles. The lowest BCUT2D eigenvalue weighted by molar-refractivity contribution is 0.192. The summed E-state index contributed by atoms with van der Waals surface area (Å²) in [6.45, 7) is 5.36. The van der Waals surface area contributed by atoms with Crippen LogP contribution in [0.15, 0.2) is 0 Å². The Morgan fingerprint density at radius 2 is 1.56 bits per heavy atom. The largest absolute Gasteiger partial charge is 0.314 e. The number of piperidine rings is 1.